The van der Waals surface area contributed by atoms with E-state index < -0.39 is 6.10 Å². The second kappa shape index (κ2) is 8.12. The summed E-state index contributed by atoms with van der Waals surface area (Å²) in [5.74, 6) is 0.729. The number of nitrogens with zero attached hydrogens (tertiary/aromatic N) is 2. The summed E-state index contributed by atoms with van der Waals surface area (Å²) in [6.45, 7) is 7.83. The molecular formula is C17H32N2O2. The number of ether oxygens (including phenoxy) is 1. The summed E-state index contributed by atoms with van der Waals surface area (Å²) < 4.78 is 5.00. The van der Waals surface area contributed by atoms with E-state index in [1.54, 1.807) is 7.11 Å². The quantitative estimate of drug-likeness (QED) is 0.785. The minimum Gasteiger partial charge on any atom is -0.389 e. The first-order chi connectivity index (χ1) is 9.85. The van der Waals surface area contributed by atoms with Crippen molar-refractivity contribution in [3.05, 3.63) is 0 Å². The maximum atomic E-state index is 9.93. The summed E-state index contributed by atoms with van der Waals surface area (Å²) in [6.07, 6.45) is 3.84. The van der Waals surface area contributed by atoms with Gasteiger partial charge >= 0.3 is 0 Å². The van der Waals surface area contributed by atoms with Crippen LogP contribution >= 0.6 is 0 Å². The third kappa shape index (κ3) is 4.95. The van der Waals surface area contributed by atoms with Crippen LogP contribution in [0.25, 0.3) is 0 Å². The molecule has 4 unspecified atom stereocenters. The van der Waals surface area contributed by atoms with Crippen LogP contribution in [0.4, 0.5) is 0 Å². The van der Waals surface area contributed by atoms with Crippen molar-refractivity contribution < 1.29 is 9.84 Å². The average Bonchev–Trinajstić information content (AvgIpc) is 2.46. The molecule has 0 aromatic carbocycles. The Morgan fingerprint density at radius 2 is 2.10 bits per heavy atom. The molecule has 0 aliphatic heterocycles. The molecule has 4 nitrogen and oxygen atoms in total. The number of hydrogen-bond acceptors (Lipinski definition) is 4. The molecule has 1 saturated carbocycles. The summed E-state index contributed by atoms with van der Waals surface area (Å²) in [7, 11) is 3.62. The number of likely N-dealkylation sites (N-methyl/N-ethyl adjacent to an activating group) is 1. The van der Waals surface area contributed by atoms with Gasteiger partial charge in [0.15, 0.2) is 0 Å². The molecule has 0 aromatic rings. The highest BCUT2D eigenvalue weighted by molar-refractivity contribution is 4.99. The largest absolute Gasteiger partial charge is 0.389 e. The molecule has 0 heterocycles. The molecule has 0 spiro atoms. The summed E-state index contributed by atoms with van der Waals surface area (Å²) in [5, 5.41) is 19.4. The molecular weight excluding hydrogens is 264 g/mol. The topological polar surface area (TPSA) is 56.5 Å². The fourth-order valence-corrected chi connectivity index (χ4v) is 3.50. The number of aliphatic hydroxyl groups is 1. The van der Waals surface area contributed by atoms with Crippen molar-refractivity contribution in [3.63, 3.8) is 0 Å². The molecule has 1 aliphatic rings. The van der Waals surface area contributed by atoms with Gasteiger partial charge in [0.2, 0.25) is 0 Å². The number of hydrogen-bond donors (Lipinski definition) is 1. The van der Waals surface area contributed by atoms with Gasteiger partial charge in [-0.2, -0.15) is 5.26 Å². The van der Waals surface area contributed by atoms with Gasteiger partial charge in [0, 0.05) is 19.7 Å². The SMILES string of the molecule is CCC(C)(C)C1CCC(C#N)C(N(C)CC(O)COC)C1. The van der Waals surface area contributed by atoms with Crippen molar-refractivity contribution in [3.8, 4) is 6.07 Å². The van der Waals surface area contributed by atoms with E-state index in [-0.39, 0.29) is 12.0 Å². The summed E-state index contributed by atoms with van der Waals surface area (Å²) >= 11 is 0. The Kier molecular flexibility index (Phi) is 7.12. The second-order valence-electron chi connectivity index (χ2n) is 7.20. The van der Waals surface area contributed by atoms with Gasteiger partial charge in [-0.15, -0.1) is 0 Å². The number of methoxy groups -OCH3 is 1. The lowest BCUT2D eigenvalue weighted by molar-refractivity contribution is 0.00934. The predicted molar refractivity (Wildman–Crippen MR) is 84.8 cm³/mol. The minimum absolute atomic E-state index is 0.0775. The maximum absolute atomic E-state index is 9.93. The number of rotatable bonds is 7. The van der Waals surface area contributed by atoms with Gasteiger partial charge < -0.3 is 9.84 Å². The fraction of sp³-hybridized carbons (Fsp3) is 0.941. The van der Waals surface area contributed by atoms with Gasteiger partial charge in [-0.05, 0) is 37.6 Å². The van der Waals surface area contributed by atoms with E-state index in [4.69, 9.17) is 4.74 Å². The third-order valence-corrected chi connectivity index (χ3v) is 5.42. The van der Waals surface area contributed by atoms with Crippen molar-refractivity contribution in [2.24, 2.45) is 17.3 Å². The molecule has 1 fully saturated rings. The molecule has 4 heteroatoms. The zero-order valence-electron chi connectivity index (χ0n) is 14.3. The Morgan fingerprint density at radius 3 is 2.62 bits per heavy atom. The van der Waals surface area contributed by atoms with E-state index in [1.165, 1.54) is 0 Å². The molecule has 1 rings (SSSR count). The Hall–Kier alpha value is -0.630. The molecule has 0 radical (unpaired) electrons. The first kappa shape index (κ1) is 18.4. The van der Waals surface area contributed by atoms with E-state index in [9.17, 15) is 10.4 Å². The minimum atomic E-state index is -0.487. The van der Waals surface area contributed by atoms with Crippen molar-refractivity contribution in [2.45, 2.75) is 58.6 Å². The van der Waals surface area contributed by atoms with Crippen LogP contribution in [-0.2, 0) is 4.74 Å². The molecule has 1 aliphatic carbocycles. The maximum Gasteiger partial charge on any atom is 0.0900 e. The van der Waals surface area contributed by atoms with E-state index in [1.807, 2.05) is 7.05 Å². The van der Waals surface area contributed by atoms with Crippen LogP contribution in [0.1, 0.15) is 46.5 Å². The van der Waals surface area contributed by atoms with Crippen molar-refractivity contribution in [1.29, 1.82) is 5.26 Å². The molecule has 21 heavy (non-hydrogen) atoms. The Balaban J connectivity index is 2.73. The van der Waals surface area contributed by atoms with Crippen LogP contribution < -0.4 is 0 Å². The standard InChI is InChI=1S/C17H32N2O2/c1-6-17(2,3)14-8-7-13(10-18)16(9-14)19(4)11-15(20)12-21-5/h13-16,20H,6-9,11-12H2,1-5H3. The van der Waals surface area contributed by atoms with Gasteiger partial charge in [0.05, 0.1) is 24.7 Å². The van der Waals surface area contributed by atoms with Crippen LogP contribution in [0.3, 0.4) is 0 Å². The van der Waals surface area contributed by atoms with Gasteiger partial charge in [-0.1, -0.05) is 27.2 Å². The zero-order valence-corrected chi connectivity index (χ0v) is 14.3. The lowest BCUT2D eigenvalue weighted by Crippen LogP contribution is -2.47. The van der Waals surface area contributed by atoms with Crippen molar-refractivity contribution >= 4 is 0 Å². The highest BCUT2D eigenvalue weighted by atomic mass is 16.5. The summed E-state index contributed by atoms with van der Waals surface area (Å²) in [4.78, 5) is 2.16. The van der Waals surface area contributed by atoms with Crippen LogP contribution in [0.15, 0.2) is 0 Å². The van der Waals surface area contributed by atoms with E-state index >= 15 is 0 Å². The molecule has 4 atom stereocenters. The van der Waals surface area contributed by atoms with Gasteiger partial charge in [0.1, 0.15) is 0 Å². The van der Waals surface area contributed by atoms with Crippen molar-refractivity contribution in [2.75, 3.05) is 27.3 Å². The predicted octanol–water partition coefficient (Wildman–Crippen LogP) is 2.67. The third-order valence-electron chi connectivity index (χ3n) is 5.42. The molecule has 0 amide bonds. The van der Waals surface area contributed by atoms with Gasteiger partial charge in [-0.3, -0.25) is 4.90 Å². The van der Waals surface area contributed by atoms with E-state index in [0.717, 1.165) is 25.7 Å². The highest BCUT2D eigenvalue weighted by Gasteiger charge is 2.39. The fourth-order valence-electron chi connectivity index (χ4n) is 3.50. The zero-order chi connectivity index (χ0) is 16.0. The van der Waals surface area contributed by atoms with E-state index in [2.05, 4.69) is 31.7 Å². The first-order valence-corrected chi connectivity index (χ1v) is 8.12. The van der Waals surface area contributed by atoms with Crippen LogP contribution in [0.5, 0.6) is 0 Å². The monoisotopic (exact) mass is 296 g/mol. The van der Waals surface area contributed by atoms with Gasteiger partial charge in [0.25, 0.3) is 0 Å². The summed E-state index contributed by atoms with van der Waals surface area (Å²) in [5.41, 5.74) is 0.324. The molecule has 1 N–H and O–H groups in total. The summed E-state index contributed by atoms with van der Waals surface area (Å²) in [6, 6.07) is 2.72. The molecule has 0 aromatic heterocycles. The number of aliphatic hydroxyl groups excluding tert-OH is 1. The first-order valence-electron chi connectivity index (χ1n) is 8.12. The Bertz CT molecular complexity index is 351. The van der Waals surface area contributed by atoms with Gasteiger partial charge in [-0.25, -0.2) is 0 Å². The Labute approximate surface area is 130 Å². The molecule has 122 valence electrons. The second-order valence-corrected chi connectivity index (χ2v) is 7.20. The smallest absolute Gasteiger partial charge is 0.0900 e. The van der Waals surface area contributed by atoms with Crippen LogP contribution in [0.2, 0.25) is 0 Å². The van der Waals surface area contributed by atoms with Crippen LogP contribution in [0, 0.1) is 28.6 Å². The lowest BCUT2D eigenvalue weighted by atomic mass is 9.66. The lowest BCUT2D eigenvalue weighted by Gasteiger charge is -2.44. The Morgan fingerprint density at radius 1 is 1.43 bits per heavy atom. The van der Waals surface area contributed by atoms with E-state index in [0.29, 0.717) is 24.5 Å². The highest BCUT2D eigenvalue weighted by Crippen LogP contribution is 2.43. The number of nitriles is 1. The molecule has 0 saturated heterocycles. The average molecular weight is 296 g/mol. The van der Waals surface area contributed by atoms with Crippen LogP contribution in [-0.4, -0.2) is 49.5 Å². The molecule has 0 bridgehead atoms. The normalized spacial score (nSPS) is 28.4. The van der Waals surface area contributed by atoms with Crippen molar-refractivity contribution in [1.82, 2.24) is 4.90 Å².